The first-order valence-electron chi connectivity index (χ1n) is 4.75. The van der Waals surface area contributed by atoms with Crippen LogP contribution in [0.4, 0.5) is 0 Å². The molecule has 1 aromatic carbocycles. The van der Waals surface area contributed by atoms with E-state index < -0.39 is 5.97 Å². The van der Waals surface area contributed by atoms with Crippen molar-refractivity contribution in [3.8, 4) is 5.75 Å². The van der Waals surface area contributed by atoms with Gasteiger partial charge in [0.05, 0.1) is 19.8 Å². The Morgan fingerprint density at radius 3 is 2.65 bits per heavy atom. The minimum Gasteiger partial charge on any atom is -0.494 e. The first kappa shape index (κ1) is 12.0. The quantitative estimate of drug-likeness (QED) is 0.616. The number of aromatic nitrogens is 2. The molecule has 6 heteroatoms. The number of ether oxygens (including phenoxy) is 2. The second-order valence-corrected chi connectivity index (χ2v) is 4.38. The zero-order valence-electron chi connectivity index (χ0n) is 9.23. The van der Waals surface area contributed by atoms with Crippen molar-refractivity contribution < 1.29 is 14.3 Å². The van der Waals surface area contributed by atoms with Crippen LogP contribution in [0.2, 0.25) is 0 Å². The smallest absolute Gasteiger partial charge is 0.338 e. The fraction of sp³-hybridized carbons (Fsp3) is 0.182. The summed E-state index contributed by atoms with van der Waals surface area (Å²) >= 11 is 2.06. The van der Waals surface area contributed by atoms with Gasteiger partial charge in [-0.15, -0.1) is 10.2 Å². The van der Waals surface area contributed by atoms with E-state index in [0.29, 0.717) is 16.8 Å². The summed E-state index contributed by atoms with van der Waals surface area (Å²) < 4.78 is 10.6. The van der Waals surface area contributed by atoms with E-state index in [1.807, 2.05) is 6.07 Å². The van der Waals surface area contributed by atoms with Crippen molar-refractivity contribution >= 4 is 39.5 Å². The van der Waals surface area contributed by atoms with Gasteiger partial charge in [0.1, 0.15) is 15.0 Å². The van der Waals surface area contributed by atoms with E-state index in [2.05, 4.69) is 37.5 Å². The van der Waals surface area contributed by atoms with Crippen LogP contribution >= 0.6 is 22.6 Å². The zero-order chi connectivity index (χ0) is 12.4. The lowest BCUT2D eigenvalue weighted by Gasteiger charge is -2.07. The Labute approximate surface area is 111 Å². The molecular formula is C11H9IN2O3. The highest BCUT2D eigenvalue weighted by atomic mass is 127. The van der Waals surface area contributed by atoms with Crippen molar-refractivity contribution in [2.75, 3.05) is 14.2 Å². The topological polar surface area (TPSA) is 61.3 Å². The molecule has 2 rings (SSSR count). The molecule has 0 aliphatic heterocycles. The maximum absolute atomic E-state index is 11.5. The number of rotatable bonds is 2. The highest BCUT2D eigenvalue weighted by Gasteiger charge is 2.12. The van der Waals surface area contributed by atoms with Crippen LogP contribution in [0.1, 0.15) is 10.4 Å². The van der Waals surface area contributed by atoms with Gasteiger partial charge >= 0.3 is 5.97 Å². The van der Waals surface area contributed by atoms with Gasteiger partial charge in [-0.25, -0.2) is 4.79 Å². The fourth-order valence-corrected chi connectivity index (χ4v) is 1.94. The van der Waals surface area contributed by atoms with Gasteiger partial charge < -0.3 is 9.47 Å². The van der Waals surface area contributed by atoms with Crippen LogP contribution in [0, 0.1) is 3.70 Å². The Morgan fingerprint density at radius 1 is 1.24 bits per heavy atom. The lowest BCUT2D eigenvalue weighted by atomic mass is 10.1. The van der Waals surface area contributed by atoms with E-state index in [4.69, 9.17) is 4.74 Å². The predicted octanol–water partition coefficient (Wildman–Crippen LogP) is 2.03. The first-order chi connectivity index (χ1) is 8.15. The molecule has 0 fully saturated rings. The summed E-state index contributed by atoms with van der Waals surface area (Å²) in [6, 6.07) is 5.13. The van der Waals surface area contributed by atoms with Gasteiger partial charge in [0.2, 0.25) is 0 Å². The molecule has 0 saturated heterocycles. The maximum atomic E-state index is 11.5. The van der Waals surface area contributed by atoms with Gasteiger partial charge in [0, 0.05) is 5.39 Å². The van der Waals surface area contributed by atoms with Crippen LogP contribution in [0.3, 0.4) is 0 Å². The third-order valence-electron chi connectivity index (χ3n) is 2.27. The largest absolute Gasteiger partial charge is 0.494 e. The summed E-state index contributed by atoms with van der Waals surface area (Å²) in [6.45, 7) is 0. The van der Waals surface area contributed by atoms with Crippen molar-refractivity contribution in [3.05, 3.63) is 27.5 Å². The molecule has 1 heterocycles. The maximum Gasteiger partial charge on any atom is 0.338 e. The molecular weight excluding hydrogens is 335 g/mol. The van der Waals surface area contributed by atoms with Gasteiger partial charge in [0.25, 0.3) is 0 Å². The normalized spacial score (nSPS) is 10.3. The monoisotopic (exact) mass is 344 g/mol. The summed E-state index contributed by atoms with van der Waals surface area (Å²) in [5.74, 6) is 0.101. The van der Waals surface area contributed by atoms with Crippen LogP contribution in [0.15, 0.2) is 18.2 Å². The number of hydrogen-bond donors (Lipinski definition) is 0. The molecule has 0 aliphatic rings. The van der Waals surface area contributed by atoms with Crippen molar-refractivity contribution in [1.82, 2.24) is 10.2 Å². The molecule has 0 aliphatic carbocycles. The summed E-state index contributed by atoms with van der Waals surface area (Å²) in [4.78, 5) is 11.5. The molecule has 0 unspecified atom stereocenters. The van der Waals surface area contributed by atoms with Crippen molar-refractivity contribution in [3.63, 3.8) is 0 Å². The van der Waals surface area contributed by atoms with Gasteiger partial charge in [-0.3, -0.25) is 0 Å². The van der Waals surface area contributed by atoms with Gasteiger partial charge in [-0.05, 0) is 40.8 Å². The van der Waals surface area contributed by atoms with Crippen LogP contribution < -0.4 is 4.74 Å². The number of nitrogens with zero attached hydrogens (tertiary/aromatic N) is 2. The van der Waals surface area contributed by atoms with Crippen LogP contribution in [0.5, 0.6) is 5.75 Å². The highest BCUT2D eigenvalue weighted by molar-refractivity contribution is 14.1. The molecule has 0 saturated carbocycles. The molecule has 5 nitrogen and oxygen atoms in total. The number of benzene rings is 1. The SMILES string of the molecule is COC(=O)c1cc(OC)c2nnc(I)cc2c1. The molecule has 0 amide bonds. The molecule has 17 heavy (non-hydrogen) atoms. The molecule has 1 aromatic heterocycles. The van der Waals surface area contributed by atoms with Gasteiger partial charge in [0.15, 0.2) is 0 Å². The Hall–Kier alpha value is -1.44. The van der Waals surface area contributed by atoms with Gasteiger partial charge in [-0.1, -0.05) is 0 Å². The fourth-order valence-electron chi connectivity index (χ4n) is 1.49. The third-order valence-corrected chi connectivity index (χ3v) is 2.79. The Kier molecular flexibility index (Phi) is 3.41. The summed E-state index contributed by atoms with van der Waals surface area (Å²) in [6.07, 6.45) is 0. The predicted molar refractivity (Wildman–Crippen MR) is 70.1 cm³/mol. The number of carbonyl (C=O) groups excluding carboxylic acids is 1. The number of hydrogen-bond acceptors (Lipinski definition) is 5. The second kappa shape index (κ2) is 4.82. The lowest BCUT2D eigenvalue weighted by molar-refractivity contribution is 0.0600. The molecule has 2 aromatic rings. The average Bonchev–Trinajstić information content (AvgIpc) is 2.35. The van der Waals surface area contributed by atoms with Crippen molar-refractivity contribution in [2.24, 2.45) is 0 Å². The number of fused-ring (bicyclic) bond motifs is 1. The summed E-state index contributed by atoms with van der Waals surface area (Å²) in [5, 5.41) is 8.79. The number of methoxy groups -OCH3 is 2. The van der Waals surface area contributed by atoms with E-state index in [0.717, 1.165) is 9.09 Å². The van der Waals surface area contributed by atoms with Crippen molar-refractivity contribution in [1.29, 1.82) is 0 Å². The van der Waals surface area contributed by atoms with Gasteiger partial charge in [-0.2, -0.15) is 0 Å². The minimum atomic E-state index is -0.406. The molecule has 0 spiro atoms. The first-order valence-corrected chi connectivity index (χ1v) is 5.83. The van der Waals surface area contributed by atoms with E-state index >= 15 is 0 Å². The standard InChI is InChI=1S/C11H9IN2O3/c1-16-8-4-7(11(15)17-2)3-6-5-9(12)13-14-10(6)8/h3-5H,1-2H3. The van der Waals surface area contributed by atoms with Crippen molar-refractivity contribution in [2.45, 2.75) is 0 Å². The molecule has 0 radical (unpaired) electrons. The highest BCUT2D eigenvalue weighted by Crippen LogP contribution is 2.26. The van der Waals surface area contributed by atoms with Crippen LogP contribution in [0.25, 0.3) is 10.9 Å². The number of carbonyl (C=O) groups is 1. The van der Waals surface area contributed by atoms with E-state index in [9.17, 15) is 4.79 Å². The molecule has 88 valence electrons. The summed E-state index contributed by atoms with van der Waals surface area (Å²) in [5.41, 5.74) is 1.06. The zero-order valence-corrected chi connectivity index (χ0v) is 11.4. The Bertz CT molecular complexity index is 586. The Balaban J connectivity index is 2.71. The van der Waals surface area contributed by atoms with Crippen LogP contribution in [-0.4, -0.2) is 30.4 Å². The van der Waals surface area contributed by atoms with E-state index in [1.165, 1.54) is 14.2 Å². The van der Waals surface area contributed by atoms with E-state index in [-0.39, 0.29) is 0 Å². The molecule has 0 N–H and O–H groups in total. The second-order valence-electron chi connectivity index (χ2n) is 3.27. The van der Waals surface area contributed by atoms with E-state index in [1.54, 1.807) is 12.1 Å². The minimum absolute atomic E-state index is 0.406. The summed E-state index contributed by atoms with van der Waals surface area (Å²) in [7, 11) is 2.86. The molecule has 0 atom stereocenters. The Morgan fingerprint density at radius 2 is 2.00 bits per heavy atom. The lowest BCUT2D eigenvalue weighted by Crippen LogP contribution is -2.02. The average molecular weight is 344 g/mol. The third kappa shape index (κ3) is 2.31. The van der Waals surface area contributed by atoms with Crippen LogP contribution in [-0.2, 0) is 4.74 Å². The number of esters is 1. The molecule has 0 bridgehead atoms. The number of halogens is 1.